The Bertz CT molecular complexity index is 263. The fraction of sp³-hybridized carbons (Fsp3) is 0.636. The smallest absolute Gasteiger partial charge is 0.133 e. The first-order valence-corrected chi connectivity index (χ1v) is 4.69. The summed E-state index contributed by atoms with van der Waals surface area (Å²) in [6, 6.07) is 0. The lowest BCUT2D eigenvalue weighted by atomic mass is 9.76. The van der Waals surface area contributed by atoms with Gasteiger partial charge in [-0.1, -0.05) is 11.6 Å². The molecule has 1 aliphatic carbocycles. The van der Waals surface area contributed by atoms with Gasteiger partial charge in [-0.05, 0) is 33.6 Å². The Balaban J connectivity index is 2.83. The van der Waals surface area contributed by atoms with E-state index >= 15 is 0 Å². The summed E-state index contributed by atoms with van der Waals surface area (Å²) < 4.78 is 0. The van der Waals surface area contributed by atoms with E-state index in [0.717, 1.165) is 12.8 Å². The van der Waals surface area contributed by atoms with Crippen molar-refractivity contribution in [3.63, 3.8) is 0 Å². The molecule has 0 aromatic heterocycles. The predicted octanol–water partition coefficient (Wildman–Crippen LogP) is 2.14. The molecule has 0 radical (unpaired) electrons. The van der Waals surface area contributed by atoms with Gasteiger partial charge in [-0.25, -0.2) is 0 Å². The molecule has 0 amide bonds. The van der Waals surface area contributed by atoms with Gasteiger partial charge in [0.25, 0.3) is 0 Å². The van der Waals surface area contributed by atoms with E-state index < -0.39 is 0 Å². The molecule has 0 aliphatic heterocycles. The molecule has 0 aromatic rings. The third-order valence-corrected chi connectivity index (χ3v) is 2.79. The fourth-order valence-electron chi connectivity index (χ4n) is 1.94. The number of carbonyl (C=O) groups excluding carboxylic acids is 2. The number of Topliss-reactive ketones (excluding diaryl/α,β-unsaturated/α-hetero) is 2. The van der Waals surface area contributed by atoms with Gasteiger partial charge in [-0.2, -0.15) is 0 Å². The molecular weight excluding hydrogens is 164 g/mol. The van der Waals surface area contributed by atoms with Crippen LogP contribution in [0.25, 0.3) is 0 Å². The van der Waals surface area contributed by atoms with Crippen molar-refractivity contribution >= 4 is 11.6 Å². The molecule has 2 heteroatoms. The minimum absolute atomic E-state index is 0.0671. The second-order valence-corrected chi connectivity index (χ2v) is 3.92. The molecule has 2 nitrogen and oxygen atoms in total. The van der Waals surface area contributed by atoms with Gasteiger partial charge in [0.15, 0.2) is 0 Å². The summed E-state index contributed by atoms with van der Waals surface area (Å²) in [6.45, 7) is 5.18. The normalized spacial score (nSPS) is 28.1. The van der Waals surface area contributed by atoms with Crippen molar-refractivity contribution in [3.05, 3.63) is 11.6 Å². The number of ketones is 2. The van der Waals surface area contributed by atoms with Crippen LogP contribution in [0.15, 0.2) is 11.6 Å². The average molecular weight is 180 g/mol. The Kier molecular flexibility index (Phi) is 3.02. The molecule has 0 spiro atoms. The lowest BCUT2D eigenvalue weighted by Gasteiger charge is -2.26. The van der Waals surface area contributed by atoms with Gasteiger partial charge in [0.05, 0.1) is 0 Å². The number of carbonyl (C=O) groups is 2. The van der Waals surface area contributed by atoms with Crippen LogP contribution in [0.3, 0.4) is 0 Å². The lowest BCUT2D eigenvalue weighted by molar-refractivity contribution is -0.130. The Morgan fingerprint density at radius 1 is 1.23 bits per heavy atom. The molecule has 2 atom stereocenters. The zero-order valence-corrected chi connectivity index (χ0v) is 8.46. The van der Waals surface area contributed by atoms with Gasteiger partial charge in [0.2, 0.25) is 0 Å². The van der Waals surface area contributed by atoms with Crippen LogP contribution >= 0.6 is 0 Å². The van der Waals surface area contributed by atoms with Gasteiger partial charge >= 0.3 is 0 Å². The third kappa shape index (κ3) is 2.27. The summed E-state index contributed by atoms with van der Waals surface area (Å²) in [7, 11) is 0. The van der Waals surface area contributed by atoms with E-state index in [0.29, 0.717) is 0 Å². The van der Waals surface area contributed by atoms with E-state index in [4.69, 9.17) is 0 Å². The van der Waals surface area contributed by atoms with Crippen molar-refractivity contribution in [1.82, 2.24) is 0 Å². The minimum atomic E-state index is -0.0683. The zero-order valence-electron chi connectivity index (χ0n) is 8.46. The molecule has 1 aliphatic rings. The van der Waals surface area contributed by atoms with Crippen LogP contribution in [0.2, 0.25) is 0 Å². The summed E-state index contributed by atoms with van der Waals surface area (Å²) in [5.41, 5.74) is 1.23. The second-order valence-electron chi connectivity index (χ2n) is 3.92. The number of rotatable bonds is 2. The van der Waals surface area contributed by atoms with Crippen molar-refractivity contribution in [1.29, 1.82) is 0 Å². The largest absolute Gasteiger partial charge is 0.300 e. The quantitative estimate of drug-likeness (QED) is 0.610. The topological polar surface area (TPSA) is 34.1 Å². The summed E-state index contributed by atoms with van der Waals surface area (Å²) in [5, 5.41) is 0. The predicted molar refractivity (Wildman–Crippen MR) is 51.3 cm³/mol. The maximum atomic E-state index is 11.3. The van der Waals surface area contributed by atoms with Crippen molar-refractivity contribution < 1.29 is 9.59 Å². The van der Waals surface area contributed by atoms with Gasteiger partial charge in [0, 0.05) is 11.8 Å². The van der Waals surface area contributed by atoms with Crippen LogP contribution in [-0.4, -0.2) is 11.6 Å². The standard InChI is InChI=1S/C11H16O2/c1-7-4-5-10(8(2)12)11(6-7)9(3)13/h4,10-11H,5-6H2,1-3H3/t10-,11-/m1/s1. The third-order valence-electron chi connectivity index (χ3n) is 2.79. The van der Waals surface area contributed by atoms with Crippen LogP contribution in [0.1, 0.15) is 33.6 Å². The molecule has 0 bridgehead atoms. The van der Waals surface area contributed by atoms with E-state index in [9.17, 15) is 9.59 Å². The molecule has 0 unspecified atom stereocenters. The van der Waals surface area contributed by atoms with E-state index in [1.807, 2.05) is 6.92 Å². The van der Waals surface area contributed by atoms with Gasteiger partial charge in [-0.15, -0.1) is 0 Å². The molecule has 0 heterocycles. The van der Waals surface area contributed by atoms with Crippen LogP contribution in [0.5, 0.6) is 0 Å². The molecular formula is C11H16O2. The summed E-state index contributed by atoms with van der Waals surface area (Å²) >= 11 is 0. The number of hydrogen-bond donors (Lipinski definition) is 0. The maximum Gasteiger partial charge on any atom is 0.133 e. The van der Waals surface area contributed by atoms with E-state index in [-0.39, 0.29) is 23.4 Å². The van der Waals surface area contributed by atoms with Crippen LogP contribution in [0, 0.1) is 11.8 Å². The first-order chi connectivity index (χ1) is 6.02. The summed E-state index contributed by atoms with van der Waals surface area (Å²) in [4.78, 5) is 22.5. The molecule has 0 saturated carbocycles. The zero-order chi connectivity index (χ0) is 10.0. The van der Waals surface area contributed by atoms with Gasteiger partial charge in [0.1, 0.15) is 11.6 Å². The van der Waals surface area contributed by atoms with Gasteiger partial charge in [-0.3, -0.25) is 9.59 Å². The molecule has 0 saturated heterocycles. The Morgan fingerprint density at radius 3 is 2.23 bits per heavy atom. The van der Waals surface area contributed by atoms with Crippen molar-refractivity contribution in [2.45, 2.75) is 33.6 Å². The van der Waals surface area contributed by atoms with Crippen LogP contribution < -0.4 is 0 Å². The monoisotopic (exact) mass is 180 g/mol. The minimum Gasteiger partial charge on any atom is -0.300 e. The second kappa shape index (κ2) is 3.86. The maximum absolute atomic E-state index is 11.3. The summed E-state index contributed by atoms with van der Waals surface area (Å²) in [6.07, 6.45) is 3.58. The highest BCUT2D eigenvalue weighted by molar-refractivity contribution is 5.88. The fourth-order valence-corrected chi connectivity index (χ4v) is 1.94. The lowest BCUT2D eigenvalue weighted by Crippen LogP contribution is -2.29. The van der Waals surface area contributed by atoms with Gasteiger partial charge < -0.3 is 0 Å². The molecule has 0 N–H and O–H groups in total. The molecule has 72 valence electrons. The molecule has 13 heavy (non-hydrogen) atoms. The number of hydrogen-bond acceptors (Lipinski definition) is 2. The highest BCUT2D eigenvalue weighted by atomic mass is 16.1. The van der Waals surface area contributed by atoms with E-state index in [1.165, 1.54) is 5.57 Å². The SMILES string of the molecule is CC(=O)[C@H]1CC=C(C)C[C@@H]1C(C)=O. The number of allylic oxidation sites excluding steroid dienone is 2. The first kappa shape index (κ1) is 10.2. The molecule has 1 rings (SSSR count). The van der Waals surface area contributed by atoms with Crippen LogP contribution in [-0.2, 0) is 9.59 Å². The Morgan fingerprint density at radius 2 is 1.77 bits per heavy atom. The van der Waals surface area contributed by atoms with Crippen molar-refractivity contribution in [3.8, 4) is 0 Å². The van der Waals surface area contributed by atoms with E-state index in [1.54, 1.807) is 13.8 Å². The van der Waals surface area contributed by atoms with Crippen molar-refractivity contribution in [2.24, 2.45) is 11.8 Å². The first-order valence-electron chi connectivity index (χ1n) is 4.69. The van der Waals surface area contributed by atoms with Crippen molar-refractivity contribution in [2.75, 3.05) is 0 Å². The van der Waals surface area contributed by atoms with Crippen LogP contribution in [0.4, 0.5) is 0 Å². The summed E-state index contributed by atoms with van der Waals surface area (Å²) in [5.74, 6) is 0.153. The Hall–Kier alpha value is -0.920. The molecule has 0 fully saturated rings. The Labute approximate surface area is 79.0 Å². The highest BCUT2D eigenvalue weighted by Gasteiger charge is 2.30. The highest BCUT2D eigenvalue weighted by Crippen LogP contribution is 2.30. The average Bonchev–Trinajstić information content (AvgIpc) is 2.03. The molecule has 0 aromatic carbocycles. The van der Waals surface area contributed by atoms with E-state index in [2.05, 4.69) is 6.08 Å².